The molecule has 0 fully saturated rings. The summed E-state index contributed by atoms with van der Waals surface area (Å²) in [6.45, 7) is 1.93. The Labute approximate surface area is 174 Å². The summed E-state index contributed by atoms with van der Waals surface area (Å²) in [5, 5.41) is 14.7. The molecule has 2 heterocycles. The number of halogens is 1. The van der Waals surface area contributed by atoms with Crippen LogP contribution in [0.4, 0.5) is 5.13 Å². The van der Waals surface area contributed by atoms with Gasteiger partial charge in [0.1, 0.15) is 16.5 Å². The second-order valence-corrected chi connectivity index (χ2v) is 8.21. The predicted molar refractivity (Wildman–Crippen MR) is 114 cm³/mol. The summed E-state index contributed by atoms with van der Waals surface area (Å²) in [6.07, 6.45) is 0. The number of hydrogen-bond donors (Lipinski definition) is 1. The third kappa shape index (κ3) is 4.22. The van der Waals surface area contributed by atoms with Crippen molar-refractivity contribution in [3.05, 3.63) is 75.4 Å². The maximum absolute atomic E-state index is 12.1. The molecule has 0 spiro atoms. The molecule has 8 heteroatoms. The molecule has 0 aliphatic heterocycles. The second kappa shape index (κ2) is 8.10. The number of anilines is 1. The molecule has 0 aliphatic carbocycles. The van der Waals surface area contributed by atoms with Crippen LogP contribution in [0.25, 0.3) is 10.6 Å². The van der Waals surface area contributed by atoms with E-state index in [1.54, 1.807) is 6.07 Å². The molecule has 0 saturated heterocycles. The number of aryl methyl sites for hydroxylation is 1. The molecule has 0 aliphatic rings. The summed E-state index contributed by atoms with van der Waals surface area (Å²) in [4.78, 5) is 12.7. The van der Waals surface area contributed by atoms with Gasteiger partial charge in [-0.2, -0.15) is 0 Å². The number of benzene rings is 2. The van der Waals surface area contributed by atoms with Gasteiger partial charge in [-0.1, -0.05) is 29.0 Å². The van der Waals surface area contributed by atoms with Gasteiger partial charge in [0.05, 0.1) is 4.88 Å². The van der Waals surface area contributed by atoms with Gasteiger partial charge in [0.25, 0.3) is 5.91 Å². The summed E-state index contributed by atoms with van der Waals surface area (Å²) in [5.41, 5.74) is 1.86. The van der Waals surface area contributed by atoms with Crippen LogP contribution < -0.4 is 10.1 Å². The van der Waals surface area contributed by atoms with Crippen molar-refractivity contribution >= 4 is 45.3 Å². The van der Waals surface area contributed by atoms with Gasteiger partial charge >= 0.3 is 0 Å². The molecule has 0 radical (unpaired) electrons. The molecule has 140 valence electrons. The fourth-order valence-electron chi connectivity index (χ4n) is 2.44. The standard InChI is InChI=1S/C20H14ClN3O2S2/c1-12-11-15(8-9-16(12)21)26-14-6-4-13(5-7-14)19-23-24-20(28-19)22-18(25)17-3-2-10-27-17/h2-11H,1H3,(H,22,24,25). The molecule has 4 rings (SSSR count). The number of ether oxygens (including phenoxy) is 1. The average Bonchev–Trinajstić information content (AvgIpc) is 3.38. The van der Waals surface area contributed by atoms with E-state index in [0.29, 0.717) is 20.8 Å². The van der Waals surface area contributed by atoms with Crippen LogP contribution in [-0.4, -0.2) is 16.1 Å². The van der Waals surface area contributed by atoms with E-state index in [9.17, 15) is 4.79 Å². The van der Waals surface area contributed by atoms with E-state index in [2.05, 4.69) is 15.5 Å². The van der Waals surface area contributed by atoms with Crippen molar-refractivity contribution in [1.29, 1.82) is 0 Å². The summed E-state index contributed by atoms with van der Waals surface area (Å²) in [7, 11) is 0. The molecule has 0 bridgehead atoms. The van der Waals surface area contributed by atoms with Crippen molar-refractivity contribution in [2.45, 2.75) is 6.92 Å². The first kappa shape index (κ1) is 18.6. The highest BCUT2D eigenvalue weighted by Gasteiger charge is 2.12. The highest BCUT2D eigenvalue weighted by atomic mass is 35.5. The van der Waals surface area contributed by atoms with E-state index in [1.165, 1.54) is 22.7 Å². The van der Waals surface area contributed by atoms with E-state index in [1.807, 2.05) is 60.8 Å². The first-order valence-electron chi connectivity index (χ1n) is 8.31. The van der Waals surface area contributed by atoms with E-state index in [0.717, 1.165) is 21.9 Å². The van der Waals surface area contributed by atoms with Crippen LogP contribution in [0.2, 0.25) is 5.02 Å². The Morgan fingerprint density at radius 3 is 2.57 bits per heavy atom. The Bertz CT molecular complexity index is 1110. The Balaban J connectivity index is 1.44. The minimum Gasteiger partial charge on any atom is -0.457 e. The van der Waals surface area contributed by atoms with E-state index in [-0.39, 0.29) is 5.91 Å². The van der Waals surface area contributed by atoms with Crippen molar-refractivity contribution in [3.8, 4) is 22.1 Å². The molecule has 2 aromatic carbocycles. The molecule has 0 saturated carbocycles. The number of amides is 1. The third-order valence-electron chi connectivity index (χ3n) is 3.86. The fraction of sp³-hybridized carbons (Fsp3) is 0.0500. The van der Waals surface area contributed by atoms with Crippen LogP contribution in [0, 0.1) is 6.92 Å². The van der Waals surface area contributed by atoms with Crippen LogP contribution in [-0.2, 0) is 0 Å². The number of carbonyl (C=O) groups excluding carboxylic acids is 1. The van der Waals surface area contributed by atoms with Gasteiger partial charge in [-0.25, -0.2) is 0 Å². The first-order valence-corrected chi connectivity index (χ1v) is 10.4. The number of hydrogen-bond acceptors (Lipinski definition) is 6. The van der Waals surface area contributed by atoms with Crippen molar-refractivity contribution in [1.82, 2.24) is 10.2 Å². The fourth-order valence-corrected chi connectivity index (χ4v) is 3.92. The van der Waals surface area contributed by atoms with Crippen LogP contribution in [0.3, 0.4) is 0 Å². The van der Waals surface area contributed by atoms with E-state index < -0.39 is 0 Å². The zero-order valence-electron chi connectivity index (χ0n) is 14.7. The Hall–Kier alpha value is -2.74. The number of carbonyl (C=O) groups is 1. The zero-order chi connectivity index (χ0) is 19.5. The smallest absolute Gasteiger partial charge is 0.267 e. The first-order chi connectivity index (χ1) is 13.6. The molecule has 0 atom stereocenters. The maximum atomic E-state index is 12.1. The minimum absolute atomic E-state index is 0.181. The third-order valence-corrected chi connectivity index (χ3v) is 6.04. The lowest BCUT2D eigenvalue weighted by molar-refractivity contribution is 0.103. The normalized spacial score (nSPS) is 10.6. The van der Waals surface area contributed by atoms with Crippen molar-refractivity contribution in [2.24, 2.45) is 0 Å². The summed E-state index contributed by atoms with van der Waals surface area (Å²) >= 11 is 8.74. The molecule has 2 aromatic heterocycles. The molecule has 5 nitrogen and oxygen atoms in total. The lowest BCUT2D eigenvalue weighted by atomic mass is 10.2. The summed E-state index contributed by atoms with van der Waals surface area (Å²) in [5.74, 6) is 1.25. The molecule has 4 aromatic rings. The van der Waals surface area contributed by atoms with E-state index >= 15 is 0 Å². The SMILES string of the molecule is Cc1cc(Oc2ccc(-c3nnc(NC(=O)c4cccs4)s3)cc2)ccc1Cl. The van der Waals surface area contributed by atoms with E-state index in [4.69, 9.17) is 16.3 Å². The minimum atomic E-state index is -0.181. The van der Waals surface area contributed by atoms with Gasteiger partial charge in [-0.15, -0.1) is 21.5 Å². The Morgan fingerprint density at radius 2 is 1.86 bits per heavy atom. The Kier molecular flexibility index (Phi) is 5.38. The van der Waals surface area contributed by atoms with Gasteiger partial charge in [0, 0.05) is 10.6 Å². The van der Waals surface area contributed by atoms with Crippen molar-refractivity contribution < 1.29 is 9.53 Å². The highest BCUT2D eigenvalue weighted by Crippen LogP contribution is 2.30. The molecule has 28 heavy (non-hydrogen) atoms. The quantitative estimate of drug-likeness (QED) is 0.407. The van der Waals surface area contributed by atoms with Crippen LogP contribution >= 0.6 is 34.3 Å². The number of aromatic nitrogens is 2. The number of nitrogens with zero attached hydrogens (tertiary/aromatic N) is 2. The summed E-state index contributed by atoms with van der Waals surface area (Å²) < 4.78 is 5.86. The second-order valence-electron chi connectivity index (χ2n) is 5.88. The largest absolute Gasteiger partial charge is 0.457 e. The molecular weight excluding hydrogens is 414 g/mol. The molecule has 1 amide bonds. The van der Waals surface area contributed by atoms with Gasteiger partial charge in [-0.3, -0.25) is 10.1 Å². The topological polar surface area (TPSA) is 64.1 Å². The van der Waals surface area contributed by atoms with Crippen LogP contribution in [0.1, 0.15) is 15.2 Å². The maximum Gasteiger partial charge on any atom is 0.267 e. The number of thiophene rings is 1. The van der Waals surface area contributed by atoms with Crippen molar-refractivity contribution in [2.75, 3.05) is 5.32 Å². The average molecular weight is 428 g/mol. The zero-order valence-corrected chi connectivity index (χ0v) is 17.1. The molecule has 1 N–H and O–H groups in total. The van der Waals surface area contributed by atoms with Gasteiger partial charge < -0.3 is 4.74 Å². The Morgan fingerprint density at radius 1 is 1.07 bits per heavy atom. The molecule has 0 unspecified atom stereocenters. The highest BCUT2D eigenvalue weighted by molar-refractivity contribution is 7.18. The van der Waals surface area contributed by atoms with Gasteiger partial charge in [-0.05, 0) is 66.4 Å². The lowest BCUT2D eigenvalue weighted by Crippen LogP contribution is -2.09. The lowest BCUT2D eigenvalue weighted by Gasteiger charge is -2.07. The molecular formula is C20H14ClN3O2S2. The van der Waals surface area contributed by atoms with Gasteiger partial charge in [0.15, 0.2) is 0 Å². The predicted octanol–water partition coefficient (Wildman–Crippen LogP) is 6.27. The summed E-state index contributed by atoms with van der Waals surface area (Å²) in [6, 6.07) is 16.7. The number of nitrogens with one attached hydrogen (secondary N) is 1. The van der Waals surface area contributed by atoms with Gasteiger partial charge in [0.2, 0.25) is 5.13 Å². The van der Waals surface area contributed by atoms with Crippen molar-refractivity contribution in [3.63, 3.8) is 0 Å². The van der Waals surface area contributed by atoms with Crippen LogP contribution in [0.15, 0.2) is 60.0 Å². The monoisotopic (exact) mass is 427 g/mol. The van der Waals surface area contributed by atoms with Crippen LogP contribution in [0.5, 0.6) is 11.5 Å². The number of rotatable bonds is 5.